The number of hydrogen-bond donors (Lipinski definition) is 7. The van der Waals surface area contributed by atoms with Crippen molar-refractivity contribution in [2.24, 2.45) is 11.5 Å². The molecule has 4 unspecified atom stereocenters. The molecular formula is C21H33N5O6. The summed E-state index contributed by atoms with van der Waals surface area (Å²) < 4.78 is 0. The van der Waals surface area contributed by atoms with Gasteiger partial charge in [-0.1, -0.05) is 30.3 Å². The molecule has 1 aromatic rings. The van der Waals surface area contributed by atoms with E-state index in [1.54, 1.807) is 30.3 Å². The first-order valence-electron chi connectivity index (χ1n) is 10.4. The van der Waals surface area contributed by atoms with Gasteiger partial charge in [-0.3, -0.25) is 14.4 Å². The third-order valence-electron chi connectivity index (χ3n) is 4.74. The van der Waals surface area contributed by atoms with Gasteiger partial charge in [-0.05, 0) is 38.3 Å². The number of rotatable bonds is 14. The number of unbranched alkanes of at least 4 members (excludes halogenated alkanes) is 1. The van der Waals surface area contributed by atoms with Gasteiger partial charge in [0.25, 0.3) is 0 Å². The van der Waals surface area contributed by atoms with Crippen LogP contribution in [0.2, 0.25) is 0 Å². The van der Waals surface area contributed by atoms with Crippen molar-refractivity contribution < 1.29 is 29.4 Å². The number of hydrogen-bond acceptors (Lipinski definition) is 7. The summed E-state index contributed by atoms with van der Waals surface area (Å²) in [6, 6.07) is 5.53. The van der Waals surface area contributed by atoms with E-state index in [2.05, 4.69) is 16.0 Å². The second kappa shape index (κ2) is 14.1. The number of aliphatic hydroxyl groups is 1. The van der Waals surface area contributed by atoms with Gasteiger partial charge < -0.3 is 37.6 Å². The average Bonchev–Trinajstić information content (AvgIpc) is 2.76. The van der Waals surface area contributed by atoms with Crippen LogP contribution in [-0.4, -0.2) is 71.2 Å². The number of carboxylic acids is 1. The molecule has 1 aromatic carbocycles. The van der Waals surface area contributed by atoms with Crippen molar-refractivity contribution in [1.29, 1.82) is 0 Å². The van der Waals surface area contributed by atoms with Crippen LogP contribution in [0.5, 0.6) is 0 Å². The zero-order valence-electron chi connectivity index (χ0n) is 18.1. The minimum absolute atomic E-state index is 0.128. The zero-order chi connectivity index (χ0) is 24.1. The van der Waals surface area contributed by atoms with Crippen LogP contribution in [-0.2, 0) is 25.6 Å². The summed E-state index contributed by atoms with van der Waals surface area (Å²) >= 11 is 0. The minimum Gasteiger partial charge on any atom is -0.480 e. The molecule has 0 aliphatic carbocycles. The van der Waals surface area contributed by atoms with E-state index in [1.807, 2.05) is 0 Å². The van der Waals surface area contributed by atoms with E-state index in [0.717, 1.165) is 5.56 Å². The maximum absolute atomic E-state index is 12.7. The van der Waals surface area contributed by atoms with Gasteiger partial charge in [-0.2, -0.15) is 0 Å². The van der Waals surface area contributed by atoms with Crippen molar-refractivity contribution in [1.82, 2.24) is 16.0 Å². The van der Waals surface area contributed by atoms with Crippen LogP contribution >= 0.6 is 0 Å². The van der Waals surface area contributed by atoms with Crippen LogP contribution < -0.4 is 27.4 Å². The molecule has 0 heterocycles. The van der Waals surface area contributed by atoms with Gasteiger partial charge in [-0.15, -0.1) is 0 Å². The Morgan fingerprint density at radius 3 is 2.22 bits per heavy atom. The molecule has 0 spiro atoms. The molecule has 0 saturated heterocycles. The summed E-state index contributed by atoms with van der Waals surface area (Å²) in [4.78, 5) is 48.4. The predicted octanol–water partition coefficient (Wildman–Crippen LogP) is -1.76. The Balaban J connectivity index is 2.74. The normalized spacial score (nSPS) is 14.5. The topological polar surface area (TPSA) is 197 Å². The molecule has 3 amide bonds. The second-order valence-electron chi connectivity index (χ2n) is 7.48. The number of amides is 3. The van der Waals surface area contributed by atoms with Crippen LogP contribution in [0.25, 0.3) is 0 Å². The first kappa shape index (κ1) is 27.0. The maximum Gasteiger partial charge on any atom is 0.326 e. The van der Waals surface area contributed by atoms with Crippen molar-refractivity contribution in [3.05, 3.63) is 35.9 Å². The molecule has 178 valence electrons. The van der Waals surface area contributed by atoms with E-state index < -0.39 is 54.5 Å². The highest BCUT2D eigenvalue weighted by Crippen LogP contribution is 2.05. The molecule has 1 rings (SSSR count). The average molecular weight is 452 g/mol. The molecule has 32 heavy (non-hydrogen) atoms. The van der Waals surface area contributed by atoms with Crippen LogP contribution in [0, 0.1) is 0 Å². The highest BCUT2D eigenvalue weighted by Gasteiger charge is 2.27. The van der Waals surface area contributed by atoms with E-state index >= 15 is 0 Å². The smallest absolute Gasteiger partial charge is 0.326 e. The Kier molecular flexibility index (Phi) is 11.9. The standard InChI is InChI=1S/C21H33N5O6/c1-13(27)18(23)20(30)26-16(11-14-7-3-2-4-8-14)19(29)24-12-17(28)25-15(21(31)32)9-5-6-10-22/h2-4,7-8,13,15-16,18,27H,5-6,9-12,22-23H2,1H3,(H,24,29)(H,25,28)(H,26,30)(H,31,32). The van der Waals surface area contributed by atoms with Crippen molar-refractivity contribution in [3.63, 3.8) is 0 Å². The summed E-state index contributed by atoms with van der Waals surface area (Å²) in [5.41, 5.74) is 11.8. The highest BCUT2D eigenvalue weighted by atomic mass is 16.4. The number of carbonyl (C=O) groups excluding carboxylic acids is 3. The largest absolute Gasteiger partial charge is 0.480 e. The van der Waals surface area contributed by atoms with Gasteiger partial charge in [0.05, 0.1) is 12.6 Å². The lowest BCUT2D eigenvalue weighted by Crippen LogP contribution is -2.56. The Morgan fingerprint density at radius 1 is 1.00 bits per heavy atom. The molecule has 0 saturated carbocycles. The molecule has 9 N–H and O–H groups in total. The fraction of sp³-hybridized carbons (Fsp3) is 0.524. The van der Waals surface area contributed by atoms with E-state index in [0.29, 0.717) is 19.4 Å². The summed E-state index contributed by atoms with van der Waals surface area (Å²) in [6.07, 6.45) is 0.397. The van der Waals surface area contributed by atoms with E-state index in [-0.39, 0.29) is 12.8 Å². The SMILES string of the molecule is CC(O)C(N)C(=O)NC(Cc1ccccc1)C(=O)NCC(=O)NC(CCCCN)C(=O)O. The molecular weight excluding hydrogens is 418 g/mol. The third kappa shape index (κ3) is 9.86. The lowest BCUT2D eigenvalue weighted by atomic mass is 10.0. The van der Waals surface area contributed by atoms with Gasteiger partial charge in [0.2, 0.25) is 17.7 Å². The Labute approximate surface area is 186 Å². The predicted molar refractivity (Wildman–Crippen MR) is 117 cm³/mol. The van der Waals surface area contributed by atoms with Crippen molar-refractivity contribution in [2.75, 3.05) is 13.1 Å². The fourth-order valence-corrected chi connectivity index (χ4v) is 2.83. The molecule has 0 aliphatic rings. The second-order valence-corrected chi connectivity index (χ2v) is 7.48. The summed E-state index contributed by atoms with van der Waals surface area (Å²) in [5.74, 6) is -3.22. The number of aliphatic carboxylic acids is 1. The summed E-state index contributed by atoms with van der Waals surface area (Å²) in [6.45, 7) is 1.31. The summed E-state index contributed by atoms with van der Waals surface area (Å²) in [7, 11) is 0. The molecule has 4 atom stereocenters. The lowest BCUT2D eigenvalue weighted by molar-refractivity contribution is -0.142. The Morgan fingerprint density at radius 2 is 1.66 bits per heavy atom. The van der Waals surface area contributed by atoms with E-state index in [1.165, 1.54) is 6.92 Å². The molecule has 0 aliphatic heterocycles. The number of benzene rings is 1. The monoisotopic (exact) mass is 451 g/mol. The van der Waals surface area contributed by atoms with Gasteiger partial charge in [-0.25, -0.2) is 4.79 Å². The number of carboxylic acid groups (broad SMARTS) is 1. The third-order valence-corrected chi connectivity index (χ3v) is 4.74. The van der Waals surface area contributed by atoms with E-state index in [4.69, 9.17) is 11.5 Å². The molecule has 0 bridgehead atoms. The Hall–Kier alpha value is -3.02. The van der Waals surface area contributed by atoms with Crippen molar-refractivity contribution in [3.8, 4) is 0 Å². The van der Waals surface area contributed by atoms with Crippen LogP contribution in [0.1, 0.15) is 31.7 Å². The van der Waals surface area contributed by atoms with Gasteiger partial charge in [0, 0.05) is 6.42 Å². The quantitative estimate of drug-likeness (QED) is 0.161. The summed E-state index contributed by atoms with van der Waals surface area (Å²) in [5, 5.41) is 26.0. The van der Waals surface area contributed by atoms with Crippen molar-refractivity contribution in [2.45, 2.75) is 56.8 Å². The number of aliphatic hydroxyl groups excluding tert-OH is 1. The van der Waals surface area contributed by atoms with Crippen LogP contribution in [0.4, 0.5) is 0 Å². The molecule has 0 fully saturated rings. The fourth-order valence-electron chi connectivity index (χ4n) is 2.83. The van der Waals surface area contributed by atoms with Gasteiger partial charge in [0.15, 0.2) is 0 Å². The molecule has 11 heteroatoms. The molecule has 0 radical (unpaired) electrons. The first-order valence-corrected chi connectivity index (χ1v) is 10.4. The van der Waals surface area contributed by atoms with Crippen molar-refractivity contribution >= 4 is 23.7 Å². The first-order chi connectivity index (χ1) is 15.1. The van der Waals surface area contributed by atoms with Gasteiger partial charge in [0.1, 0.15) is 18.1 Å². The number of carbonyl (C=O) groups is 4. The van der Waals surface area contributed by atoms with E-state index in [9.17, 15) is 29.4 Å². The number of nitrogens with two attached hydrogens (primary N) is 2. The van der Waals surface area contributed by atoms with Gasteiger partial charge >= 0.3 is 5.97 Å². The molecule has 11 nitrogen and oxygen atoms in total. The molecule has 0 aromatic heterocycles. The number of nitrogens with one attached hydrogen (secondary N) is 3. The Bertz CT molecular complexity index is 758. The zero-order valence-corrected chi connectivity index (χ0v) is 18.1. The van der Waals surface area contributed by atoms with Crippen LogP contribution in [0.3, 0.4) is 0 Å². The minimum atomic E-state index is -1.23. The van der Waals surface area contributed by atoms with Crippen LogP contribution in [0.15, 0.2) is 30.3 Å². The maximum atomic E-state index is 12.7. The lowest BCUT2D eigenvalue weighted by Gasteiger charge is -2.22. The highest BCUT2D eigenvalue weighted by molar-refractivity contribution is 5.92.